The van der Waals surface area contributed by atoms with Crippen LogP contribution in [0.15, 0.2) is 11.8 Å². The van der Waals surface area contributed by atoms with Gasteiger partial charge in [-0.2, -0.15) is 0 Å². The number of allylic oxidation sites excluding steroid dienone is 2. The van der Waals surface area contributed by atoms with Gasteiger partial charge in [0.05, 0.1) is 0 Å². The van der Waals surface area contributed by atoms with Gasteiger partial charge in [-0.15, -0.1) is 0 Å². The molecule has 0 aromatic rings. The van der Waals surface area contributed by atoms with Crippen molar-refractivity contribution in [2.24, 2.45) is 11.3 Å². The lowest BCUT2D eigenvalue weighted by atomic mass is 9.68. The number of hydrogen-bond acceptors (Lipinski definition) is 1. The van der Waals surface area contributed by atoms with E-state index in [0.29, 0.717) is 12.3 Å². The van der Waals surface area contributed by atoms with Crippen molar-refractivity contribution in [3.8, 4) is 0 Å². The molecule has 0 aromatic heterocycles. The van der Waals surface area contributed by atoms with Gasteiger partial charge in [0.25, 0.3) is 0 Å². The van der Waals surface area contributed by atoms with Crippen molar-refractivity contribution in [1.82, 2.24) is 5.32 Å². The summed E-state index contributed by atoms with van der Waals surface area (Å²) >= 11 is 0. The molecule has 1 heterocycles. The van der Waals surface area contributed by atoms with E-state index < -0.39 is 0 Å². The minimum absolute atomic E-state index is 0.161. The molecule has 0 saturated carbocycles. The molecule has 1 aliphatic heterocycles. The molecule has 2 nitrogen and oxygen atoms in total. The Hall–Kier alpha value is -0.790. The Balaban J connectivity index is 2.29. The topological polar surface area (TPSA) is 29.1 Å². The van der Waals surface area contributed by atoms with E-state index in [-0.39, 0.29) is 11.3 Å². The van der Waals surface area contributed by atoms with Crippen molar-refractivity contribution in [2.45, 2.75) is 39.5 Å². The Morgan fingerprint density at radius 3 is 3.08 bits per heavy atom. The van der Waals surface area contributed by atoms with Crippen molar-refractivity contribution in [2.75, 3.05) is 0 Å². The van der Waals surface area contributed by atoms with Gasteiger partial charge in [0.2, 0.25) is 5.91 Å². The average Bonchev–Trinajstić information content (AvgIpc) is 2.02. The van der Waals surface area contributed by atoms with Crippen LogP contribution in [0.25, 0.3) is 0 Å². The van der Waals surface area contributed by atoms with E-state index in [9.17, 15) is 4.79 Å². The van der Waals surface area contributed by atoms with E-state index in [2.05, 4.69) is 25.2 Å². The van der Waals surface area contributed by atoms with E-state index >= 15 is 0 Å². The first-order chi connectivity index (χ1) is 6.09. The molecule has 1 amide bonds. The zero-order valence-electron chi connectivity index (χ0n) is 8.39. The van der Waals surface area contributed by atoms with Gasteiger partial charge in [0, 0.05) is 18.0 Å². The second-order valence-corrected chi connectivity index (χ2v) is 4.86. The molecule has 2 heteroatoms. The molecule has 1 aliphatic carbocycles. The summed E-state index contributed by atoms with van der Waals surface area (Å²) in [6.07, 6.45) is 6.51. The smallest absolute Gasteiger partial charge is 0.224 e. The molecule has 0 radical (unpaired) electrons. The fraction of sp³-hybridized carbons (Fsp3) is 0.727. The minimum atomic E-state index is 0.161. The van der Waals surface area contributed by atoms with Crippen molar-refractivity contribution in [3.63, 3.8) is 0 Å². The zero-order chi connectivity index (χ0) is 9.47. The fourth-order valence-electron chi connectivity index (χ4n) is 2.57. The third-order valence-electron chi connectivity index (χ3n) is 3.28. The Morgan fingerprint density at radius 2 is 2.31 bits per heavy atom. The average molecular weight is 179 g/mol. The summed E-state index contributed by atoms with van der Waals surface area (Å²) in [5.74, 6) is 0.772. The largest absolute Gasteiger partial charge is 0.330 e. The Kier molecular flexibility index (Phi) is 1.94. The Morgan fingerprint density at radius 1 is 1.54 bits per heavy atom. The first-order valence-corrected chi connectivity index (χ1v) is 5.09. The quantitative estimate of drug-likeness (QED) is 0.607. The molecule has 0 spiro atoms. The van der Waals surface area contributed by atoms with Crippen LogP contribution in [0.3, 0.4) is 0 Å². The summed E-state index contributed by atoms with van der Waals surface area (Å²) in [6.45, 7) is 4.41. The van der Waals surface area contributed by atoms with Crippen LogP contribution in [-0.2, 0) is 4.79 Å². The number of amides is 1. The summed E-state index contributed by atoms with van der Waals surface area (Å²) in [4.78, 5) is 11.4. The molecule has 0 bridgehead atoms. The van der Waals surface area contributed by atoms with Crippen LogP contribution in [0.4, 0.5) is 0 Å². The van der Waals surface area contributed by atoms with Gasteiger partial charge in [-0.25, -0.2) is 0 Å². The third-order valence-corrected chi connectivity index (χ3v) is 3.28. The highest BCUT2D eigenvalue weighted by molar-refractivity contribution is 5.80. The van der Waals surface area contributed by atoms with Crippen LogP contribution in [0.2, 0.25) is 0 Å². The van der Waals surface area contributed by atoms with Gasteiger partial charge in [0.1, 0.15) is 0 Å². The SMILES string of the molecule is CC1(C)CC(=O)NC2=CCCCC21. The van der Waals surface area contributed by atoms with Gasteiger partial charge in [-0.1, -0.05) is 19.9 Å². The van der Waals surface area contributed by atoms with E-state index in [4.69, 9.17) is 0 Å². The van der Waals surface area contributed by atoms with Crippen LogP contribution in [0.5, 0.6) is 0 Å². The van der Waals surface area contributed by atoms with Crippen molar-refractivity contribution < 1.29 is 4.79 Å². The van der Waals surface area contributed by atoms with Crippen molar-refractivity contribution in [3.05, 3.63) is 11.8 Å². The molecule has 2 aliphatic rings. The van der Waals surface area contributed by atoms with E-state index in [0.717, 1.165) is 6.42 Å². The number of rotatable bonds is 0. The molecule has 1 unspecified atom stereocenters. The molecular weight excluding hydrogens is 162 g/mol. The van der Waals surface area contributed by atoms with E-state index in [1.165, 1.54) is 18.5 Å². The number of fused-ring (bicyclic) bond motifs is 1. The monoisotopic (exact) mass is 179 g/mol. The third kappa shape index (κ3) is 1.50. The summed E-state index contributed by atoms with van der Waals surface area (Å²) in [7, 11) is 0. The summed E-state index contributed by atoms with van der Waals surface area (Å²) < 4.78 is 0. The number of carbonyl (C=O) groups is 1. The van der Waals surface area contributed by atoms with E-state index in [1.54, 1.807) is 0 Å². The second-order valence-electron chi connectivity index (χ2n) is 4.86. The Bertz CT molecular complexity index is 265. The molecule has 0 aromatic carbocycles. The molecule has 13 heavy (non-hydrogen) atoms. The maximum absolute atomic E-state index is 11.4. The molecule has 1 fully saturated rings. The minimum Gasteiger partial charge on any atom is -0.330 e. The molecule has 1 atom stereocenters. The normalized spacial score (nSPS) is 31.7. The molecule has 1 N–H and O–H groups in total. The van der Waals surface area contributed by atoms with Gasteiger partial charge in [0.15, 0.2) is 0 Å². The lowest BCUT2D eigenvalue weighted by Gasteiger charge is -2.41. The van der Waals surface area contributed by atoms with E-state index in [1.807, 2.05) is 0 Å². The van der Waals surface area contributed by atoms with Crippen molar-refractivity contribution in [1.29, 1.82) is 0 Å². The fourth-order valence-corrected chi connectivity index (χ4v) is 2.57. The summed E-state index contributed by atoms with van der Waals surface area (Å²) in [5.41, 5.74) is 1.35. The molecule has 72 valence electrons. The van der Waals surface area contributed by atoms with Gasteiger partial charge in [-0.05, 0) is 24.7 Å². The van der Waals surface area contributed by atoms with Crippen LogP contribution in [0, 0.1) is 11.3 Å². The predicted molar refractivity (Wildman–Crippen MR) is 52.0 cm³/mol. The number of nitrogens with one attached hydrogen (secondary N) is 1. The molecule has 2 rings (SSSR count). The first-order valence-electron chi connectivity index (χ1n) is 5.09. The lowest BCUT2D eigenvalue weighted by Crippen LogP contribution is -2.44. The van der Waals surface area contributed by atoms with Gasteiger partial charge < -0.3 is 5.32 Å². The number of carbonyl (C=O) groups excluding carboxylic acids is 1. The number of hydrogen-bond donors (Lipinski definition) is 1. The standard InChI is InChI=1S/C11H17NO/c1-11(2)7-10(13)12-9-6-4-3-5-8(9)11/h6,8H,3-5,7H2,1-2H3,(H,12,13). The summed E-state index contributed by atoms with van der Waals surface area (Å²) in [6, 6.07) is 0. The van der Waals surface area contributed by atoms with Crippen LogP contribution in [0.1, 0.15) is 39.5 Å². The maximum Gasteiger partial charge on any atom is 0.224 e. The predicted octanol–water partition coefficient (Wildman–Crippen LogP) is 2.22. The highest BCUT2D eigenvalue weighted by Gasteiger charge is 2.39. The highest BCUT2D eigenvalue weighted by Crippen LogP contribution is 2.43. The first kappa shape index (κ1) is 8.79. The number of piperidine rings is 1. The molecular formula is C11H17NO. The van der Waals surface area contributed by atoms with Gasteiger partial charge in [-0.3, -0.25) is 4.79 Å². The van der Waals surface area contributed by atoms with Gasteiger partial charge >= 0.3 is 0 Å². The van der Waals surface area contributed by atoms with Crippen LogP contribution in [-0.4, -0.2) is 5.91 Å². The zero-order valence-corrected chi connectivity index (χ0v) is 8.39. The van der Waals surface area contributed by atoms with Crippen LogP contribution >= 0.6 is 0 Å². The molecule has 1 saturated heterocycles. The highest BCUT2D eigenvalue weighted by atomic mass is 16.1. The summed E-state index contributed by atoms with van der Waals surface area (Å²) in [5, 5.41) is 3.00. The lowest BCUT2D eigenvalue weighted by molar-refractivity contribution is -0.125. The maximum atomic E-state index is 11.4. The second kappa shape index (κ2) is 2.86. The van der Waals surface area contributed by atoms with Crippen molar-refractivity contribution >= 4 is 5.91 Å². The Labute approximate surface area is 79.4 Å². The van der Waals surface area contributed by atoms with Crippen LogP contribution < -0.4 is 5.32 Å².